The molecular formula is C14H26. The fourth-order valence-electron chi connectivity index (χ4n) is 1.46. The van der Waals surface area contributed by atoms with Gasteiger partial charge in [-0.15, -0.1) is 0 Å². The van der Waals surface area contributed by atoms with Crippen molar-refractivity contribution in [2.45, 2.75) is 66.7 Å². The molecule has 0 aliphatic carbocycles. The van der Waals surface area contributed by atoms with Crippen molar-refractivity contribution < 1.29 is 0 Å². The van der Waals surface area contributed by atoms with Crippen LogP contribution in [-0.2, 0) is 0 Å². The van der Waals surface area contributed by atoms with Gasteiger partial charge in [-0.05, 0) is 53.4 Å². The lowest BCUT2D eigenvalue weighted by Gasteiger charge is -2.02. The molecule has 0 rings (SSSR count). The summed E-state index contributed by atoms with van der Waals surface area (Å²) in [5.74, 6) is 0. The predicted molar refractivity (Wildman–Crippen MR) is 66.6 cm³/mol. The third-order valence-corrected chi connectivity index (χ3v) is 2.75. The average Bonchev–Trinajstić information content (AvgIpc) is 2.12. The number of unbranched alkanes of at least 4 members (excludes halogenated alkanes) is 1. The van der Waals surface area contributed by atoms with Gasteiger partial charge in [-0.25, -0.2) is 0 Å². The molecule has 0 aliphatic rings. The number of hydrogen-bond acceptors (Lipinski definition) is 0. The molecule has 0 saturated carbocycles. The maximum absolute atomic E-state index is 2.40. The van der Waals surface area contributed by atoms with Gasteiger partial charge in [-0.2, -0.15) is 0 Å². The molecule has 14 heavy (non-hydrogen) atoms. The normalized spacial score (nSPS) is 11.6. The van der Waals surface area contributed by atoms with E-state index in [2.05, 4.69) is 40.7 Å². The lowest BCUT2D eigenvalue weighted by atomic mass is 10.0. The van der Waals surface area contributed by atoms with Gasteiger partial charge in [0.05, 0.1) is 0 Å². The molecule has 0 amide bonds. The first-order valence-corrected chi connectivity index (χ1v) is 5.86. The third-order valence-electron chi connectivity index (χ3n) is 2.75. The van der Waals surface area contributed by atoms with E-state index in [0.717, 1.165) is 0 Å². The summed E-state index contributed by atoms with van der Waals surface area (Å²) < 4.78 is 0. The predicted octanol–water partition coefficient (Wildman–Crippen LogP) is 5.26. The summed E-state index contributed by atoms with van der Waals surface area (Å²) in [6, 6.07) is 0. The van der Waals surface area contributed by atoms with Crippen LogP contribution in [0.4, 0.5) is 0 Å². The van der Waals surface area contributed by atoms with Crippen molar-refractivity contribution in [1.82, 2.24) is 0 Å². The number of rotatable bonds is 6. The van der Waals surface area contributed by atoms with Gasteiger partial charge in [-0.1, -0.05) is 36.1 Å². The minimum Gasteiger partial charge on any atom is -0.0856 e. The lowest BCUT2D eigenvalue weighted by Crippen LogP contribution is -1.82. The molecule has 0 unspecified atom stereocenters. The summed E-state index contributed by atoms with van der Waals surface area (Å²) in [5, 5.41) is 0. The van der Waals surface area contributed by atoms with E-state index < -0.39 is 0 Å². The molecule has 0 aromatic carbocycles. The van der Waals surface area contributed by atoms with Gasteiger partial charge in [0.15, 0.2) is 0 Å². The molecule has 0 heteroatoms. The van der Waals surface area contributed by atoms with Crippen molar-refractivity contribution in [3.05, 3.63) is 22.8 Å². The second-order valence-electron chi connectivity index (χ2n) is 4.47. The fourth-order valence-corrected chi connectivity index (χ4v) is 1.46. The SMILES string of the molecule is CCCC(C)=CCCCC(C)=C(C)C. The fraction of sp³-hybridized carbons (Fsp3) is 0.714. The van der Waals surface area contributed by atoms with Crippen LogP contribution in [0.5, 0.6) is 0 Å². The summed E-state index contributed by atoms with van der Waals surface area (Å²) in [6.07, 6.45) is 8.76. The maximum Gasteiger partial charge on any atom is -0.0318 e. The van der Waals surface area contributed by atoms with Crippen LogP contribution in [0, 0.1) is 0 Å². The van der Waals surface area contributed by atoms with Crippen molar-refractivity contribution >= 4 is 0 Å². The standard InChI is InChI=1S/C14H26/c1-6-9-13(4)10-7-8-11-14(5)12(2)3/h10H,6-9,11H2,1-5H3. The molecule has 0 atom stereocenters. The first-order valence-electron chi connectivity index (χ1n) is 5.86. The highest BCUT2D eigenvalue weighted by Gasteiger charge is 1.92. The lowest BCUT2D eigenvalue weighted by molar-refractivity contribution is 0.808. The molecule has 0 saturated heterocycles. The molecule has 0 bridgehead atoms. The Bertz CT molecular complexity index is 202. The molecule has 0 aromatic rings. The van der Waals surface area contributed by atoms with Crippen LogP contribution < -0.4 is 0 Å². The Kier molecular flexibility index (Phi) is 7.55. The van der Waals surface area contributed by atoms with Gasteiger partial charge >= 0.3 is 0 Å². The van der Waals surface area contributed by atoms with Crippen LogP contribution in [0.25, 0.3) is 0 Å². The Morgan fingerprint density at radius 2 is 1.64 bits per heavy atom. The summed E-state index contributed by atoms with van der Waals surface area (Å²) >= 11 is 0. The van der Waals surface area contributed by atoms with Crippen molar-refractivity contribution in [2.75, 3.05) is 0 Å². The monoisotopic (exact) mass is 194 g/mol. The van der Waals surface area contributed by atoms with Crippen LogP contribution in [0.1, 0.15) is 66.7 Å². The maximum atomic E-state index is 2.40. The highest BCUT2D eigenvalue weighted by atomic mass is 14.0. The van der Waals surface area contributed by atoms with Crippen LogP contribution in [0.3, 0.4) is 0 Å². The zero-order chi connectivity index (χ0) is 11.0. The van der Waals surface area contributed by atoms with Crippen molar-refractivity contribution in [3.63, 3.8) is 0 Å². The molecule has 0 heterocycles. The summed E-state index contributed by atoms with van der Waals surface area (Å²) in [7, 11) is 0. The Hall–Kier alpha value is -0.520. The first-order chi connectivity index (χ1) is 6.57. The zero-order valence-electron chi connectivity index (χ0n) is 10.6. The van der Waals surface area contributed by atoms with Crippen LogP contribution in [0.15, 0.2) is 22.8 Å². The summed E-state index contributed by atoms with van der Waals surface area (Å²) in [6.45, 7) is 11.1. The van der Waals surface area contributed by atoms with Gasteiger partial charge in [0.1, 0.15) is 0 Å². The van der Waals surface area contributed by atoms with E-state index in [1.807, 2.05) is 0 Å². The largest absolute Gasteiger partial charge is 0.0856 e. The minimum absolute atomic E-state index is 1.25. The third kappa shape index (κ3) is 6.94. The smallest absolute Gasteiger partial charge is 0.0318 e. The average molecular weight is 194 g/mol. The minimum atomic E-state index is 1.25. The van der Waals surface area contributed by atoms with E-state index in [9.17, 15) is 0 Å². The van der Waals surface area contributed by atoms with E-state index in [4.69, 9.17) is 0 Å². The van der Waals surface area contributed by atoms with Crippen LogP contribution >= 0.6 is 0 Å². The zero-order valence-corrected chi connectivity index (χ0v) is 10.6. The number of hydrogen-bond donors (Lipinski definition) is 0. The molecule has 0 aromatic heterocycles. The van der Waals surface area contributed by atoms with Gasteiger partial charge < -0.3 is 0 Å². The molecule has 0 aliphatic heterocycles. The van der Waals surface area contributed by atoms with E-state index in [0.29, 0.717) is 0 Å². The van der Waals surface area contributed by atoms with Crippen LogP contribution in [0.2, 0.25) is 0 Å². The molecule has 0 spiro atoms. The number of allylic oxidation sites excluding steroid dienone is 4. The van der Waals surface area contributed by atoms with Gasteiger partial charge in [0.2, 0.25) is 0 Å². The first kappa shape index (κ1) is 13.5. The Labute approximate surface area is 90.1 Å². The van der Waals surface area contributed by atoms with E-state index in [1.165, 1.54) is 37.7 Å². The van der Waals surface area contributed by atoms with E-state index in [1.54, 1.807) is 11.1 Å². The second-order valence-corrected chi connectivity index (χ2v) is 4.47. The quantitative estimate of drug-likeness (QED) is 0.399. The van der Waals surface area contributed by atoms with Crippen molar-refractivity contribution in [3.8, 4) is 0 Å². The molecule has 82 valence electrons. The Balaban J connectivity index is 3.66. The van der Waals surface area contributed by atoms with Gasteiger partial charge in [-0.3, -0.25) is 0 Å². The Morgan fingerprint density at radius 3 is 2.14 bits per heavy atom. The van der Waals surface area contributed by atoms with Gasteiger partial charge in [0, 0.05) is 0 Å². The summed E-state index contributed by atoms with van der Waals surface area (Å²) in [4.78, 5) is 0. The Morgan fingerprint density at radius 1 is 1.00 bits per heavy atom. The molecule has 0 N–H and O–H groups in total. The molecule has 0 nitrogen and oxygen atoms in total. The highest BCUT2D eigenvalue weighted by molar-refractivity contribution is 5.06. The second kappa shape index (κ2) is 7.84. The van der Waals surface area contributed by atoms with Crippen molar-refractivity contribution in [2.24, 2.45) is 0 Å². The molecular weight excluding hydrogens is 168 g/mol. The molecule has 0 fully saturated rings. The van der Waals surface area contributed by atoms with E-state index >= 15 is 0 Å². The van der Waals surface area contributed by atoms with E-state index in [-0.39, 0.29) is 0 Å². The van der Waals surface area contributed by atoms with Gasteiger partial charge in [0.25, 0.3) is 0 Å². The topological polar surface area (TPSA) is 0 Å². The highest BCUT2D eigenvalue weighted by Crippen LogP contribution is 2.13. The summed E-state index contributed by atoms with van der Waals surface area (Å²) in [5.41, 5.74) is 4.60. The van der Waals surface area contributed by atoms with Crippen LogP contribution in [-0.4, -0.2) is 0 Å². The van der Waals surface area contributed by atoms with Crippen molar-refractivity contribution in [1.29, 1.82) is 0 Å². The molecule has 0 radical (unpaired) electrons.